The molecule has 0 unspecified atom stereocenters. The van der Waals surface area contributed by atoms with Gasteiger partial charge in [-0.2, -0.15) is 0 Å². The molecule has 0 bridgehead atoms. The van der Waals surface area contributed by atoms with Crippen molar-refractivity contribution in [2.75, 3.05) is 5.43 Å². The molecule has 0 saturated carbocycles. The fourth-order valence-corrected chi connectivity index (χ4v) is 1.62. The van der Waals surface area contributed by atoms with Crippen LogP contribution in [0.2, 0.25) is 0 Å². The summed E-state index contributed by atoms with van der Waals surface area (Å²) in [6.07, 6.45) is 1.82. The van der Waals surface area contributed by atoms with Gasteiger partial charge in [0, 0.05) is 12.5 Å². The maximum Gasteiger partial charge on any atom is 0.235 e. The molecule has 0 spiro atoms. The minimum absolute atomic E-state index is 0.110. The third kappa shape index (κ3) is 2.53. The lowest BCUT2D eigenvalue weighted by atomic mass is 10.1. The number of aryl methyl sites for hydroxylation is 2. The zero-order valence-electron chi connectivity index (χ0n) is 10.2. The van der Waals surface area contributed by atoms with E-state index in [0.29, 0.717) is 0 Å². The predicted octanol–water partition coefficient (Wildman–Crippen LogP) is 2.26. The molecule has 1 amide bonds. The molecule has 0 atom stereocenters. The number of imidazole rings is 1. The quantitative estimate of drug-likeness (QED) is 0.858. The van der Waals surface area contributed by atoms with E-state index < -0.39 is 0 Å². The highest BCUT2D eigenvalue weighted by Crippen LogP contribution is 2.18. The maximum atomic E-state index is 11.0. The van der Waals surface area contributed by atoms with Crippen LogP contribution in [0.5, 0.6) is 0 Å². The summed E-state index contributed by atoms with van der Waals surface area (Å²) in [5.74, 6) is 0.650. The lowest BCUT2D eigenvalue weighted by Gasteiger charge is -2.02. The van der Waals surface area contributed by atoms with Crippen LogP contribution >= 0.6 is 0 Å². The number of nitrogens with zero attached hydrogens (tertiary/aromatic N) is 2. The lowest BCUT2D eigenvalue weighted by Crippen LogP contribution is -2.19. The second kappa shape index (κ2) is 4.41. The van der Waals surface area contributed by atoms with Crippen molar-refractivity contribution in [2.24, 2.45) is 0 Å². The van der Waals surface area contributed by atoms with Crippen LogP contribution in [-0.2, 0) is 4.79 Å². The van der Waals surface area contributed by atoms with Crippen molar-refractivity contribution in [1.29, 1.82) is 0 Å². The first-order chi connectivity index (χ1) is 8.06. The Kier molecular flexibility index (Phi) is 2.95. The van der Waals surface area contributed by atoms with Crippen molar-refractivity contribution in [3.05, 3.63) is 41.9 Å². The molecular weight excluding hydrogens is 214 g/mol. The molecule has 2 rings (SSSR count). The van der Waals surface area contributed by atoms with Gasteiger partial charge in [-0.3, -0.25) is 10.2 Å². The van der Waals surface area contributed by atoms with Gasteiger partial charge in [0.25, 0.3) is 0 Å². The number of amides is 1. The average Bonchev–Trinajstić information content (AvgIpc) is 2.60. The Balaban J connectivity index is 2.34. The second-order valence-electron chi connectivity index (χ2n) is 4.08. The topological polar surface area (TPSA) is 46.9 Å². The third-order valence-electron chi connectivity index (χ3n) is 2.51. The van der Waals surface area contributed by atoms with Crippen LogP contribution in [0.3, 0.4) is 0 Å². The summed E-state index contributed by atoms with van der Waals surface area (Å²) in [7, 11) is 0. The van der Waals surface area contributed by atoms with E-state index in [9.17, 15) is 4.79 Å². The van der Waals surface area contributed by atoms with Crippen LogP contribution in [-0.4, -0.2) is 15.6 Å². The van der Waals surface area contributed by atoms with Crippen LogP contribution in [0.25, 0.3) is 11.3 Å². The molecule has 0 fully saturated rings. The molecule has 4 nitrogen and oxygen atoms in total. The van der Waals surface area contributed by atoms with E-state index in [2.05, 4.69) is 10.4 Å². The fourth-order valence-electron chi connectivity index (χ4n) is 1.62. The van der Waals surface area contributed by atoms with Gasteiger partial charge in [-0.05, 0) is 13.8 Å². The zero-order chi connectivity index (χ0) is 12.4. The fraction of sp³-hybridized carbons (Fsp3) is 0.231. The number of hydrogen-bond donors (Lipinski definition) is 1. The molecule has 0 aliphatic rings. The number of carbonyl (C=O) groups is 1. The van der Waals surface area contributed by atoms with Crippen LogP contribution in [0.1, 0.15) is 18.3 Å². The molecule has 88 valence electrons. The first-order valence-electron chi connectivity index (χ1n) is 5.47. The van der Waals surface area contributed by atoms with Crippen LogP contribution in [0.4, 0.5) is 0 Å². The molecule has 0 radical (unpaired) electrons. The number of nitrogens with one attached hydrogen (secondary N) is 1. The Labute approximate surface area is 100 Å². The van der Waals surface area contributed by atoms with Gasteiger partial charge in [0.15, 0.2) is 0 Å². The van der Waals surface area contributed by atoms with Gasteiger partial charge in [0.05, 0.1) is 11.9 Å². The molecule has 1 N–H and O–H groups in total. The van der Waals surface area contributed by atoms with Crippen LogP contribution < -0.4 is 5.43 Å². The Morgan fingerprint density at radius 1 is 1.24 bits per heavy atom. The summed E-state index contributed by atoms with van der Waals surface area (Å²) in [4.78, 5) is 15.4. The normalized spacial score (nSPS) is 10.3. The van der Waals surface area contributed by atoms with E-state index in [1.807, 2.05) is 44.3 Å². The standard InChI is InChI=1S/C13H15N3O/c1-9-4-6-12(7-5-9)13-8-16(10(2)14-13)15-11(3)17/h4-8H,1-3H3,(H,15,17). The summed E-state index contributed by atoms with van der Waals surface area (Å²) in [6, 6.07) is 8.13. The van der Waals surface area contributed by atoms with Crippen molar-refractivity contribution < 1.29 is 4.79 Å². The van der Waals surface area contributed by atoms with E-state index in [-0.39, 0.29) is 5.91 Å². The zero-order valence-corrected chi connectivity index (χ0v) is 10.2. The van der Waals surface area contributed by atoms with Crippen molar-refractivity contribution in [3.8, 4) is 11.3 Å². The molecule has 0 aliphatic carbocycles. The van der Waals surface area contributed by atoms with Crippen molar-refractivity contribution in [2.45, 2.75) is 20.8 Å². The highest BCUT2D eigenvalue weighted by molar-refractivity contribution is 5.81. The number of aromatic nitrogens is 2. The first kappa shape index (κ1) is 11.4. The number of benzene rings is 1. The van der Waals surface area contributed by atoms with Crippen LogP contribution in [0.15, 0.2) is 30.5 Å². The summed E-state index contributed by atoms with van der Waals surface area (Å²) >= 11 is 0. The van der Waals surface area contributed by atoms with E-state index in [1.54, 1.807) is 4.68 Å². The molecule has 0 saturated heterocycles. The molecular formula is C13H15N3O. The van der Waals surface area contributed by atoms with Gasteiger partial charge in [-0.25, -0.2) is 9.66 Å². The SMILES string of the molecule is CC(=O)Nn1cc(-c2ccc(C)cc2)nc1C. The summed E-state index contributed by atoms with van der Waals surface area (Å²) in [5, 5.41) is 0. The van der Waals surface area contributed by atoms with Gasteiger partial charge >= 0.3 is 0 Å². The number of hydrogen-bond acceptors (Lipinski definition) is 2. The van der Waals surface area contributed by atoms with Crippen molar-refractivity contribution in [3.63, 3.8) is 0 Å². The molecule has 17 heavy (non-hydrogen) atoms. The average molecular weight is 229 g/mol. The maximum absolute atomic E-state index is 11.0. The lowest BCUT2D eigenvalue weighted by molar-refractivity contribution is -0.115. The second-order valence-corrected chi connectivity index (χ2v) is 4.08. The number of carbonyl (C=O) groups excluding carboxylic acids is 1. The summed E-state index contributed by atoms with van der Waals surface area (Å²) in [6.45, 7) is 5.38. The van der Waals surface area contributed by atoms with E-state index in [1.165, 1.54) is 12.5 Å². The molecule has 2 aromatic rings. The Morgan fingerprint density at radius 2 is 1.88 bits per heavy atom. The van der Waals surface area contributed by atoms with Gasteiger partial charge in [0.1, 0.15) is 5.82 Å². The Hall–Kier alpha value is -2.10. The Morgan fingerprint density at radius 3 is 2.47 bits per heavy atom. The van der Waals surface area contributed by atoms with Gasteiger partial charge in [0.2, 0.25) is 5.91 Å². The van der Waals surface area contributed by atoms with Gasteiger partial charge in [-0.1, -0.05) is 29.8 Å². The predicted molar refractivity (Wildman–Crippen MR) is 67.2 cm³/mol. The summed E-state index contributed by atoms with van der Waals surface area (Å²) in [5.41, 5.74) is 5.81. The smallest absolute Gasteiger partial charge is 0.235 e. The highest BCUT2D eigenvalue weighted by atomic mass is 16.2. The van der Waals surface area contributed by atoms with E-state index >= 15 is 0 Å². The monoisotopic (exact) mass is 229 g/mol. The third-order valence-corrected chi connectivity index (χ3v) is 2.51. The van der Waals surface area contributed by atoms with Crippen molar-refractivity contribution in [1.82, 2.24) is 9.66 Å². The Bertz CT molecular complexity index is 540. The number of rotatable bonds is 2. The van der Waals surface area contributed by atoms with E-state index in [4.69, 9.17) is 0 Å². The van der Waals surface area contributed by atoms with E-state index in [0.717, 1.165) is 17.1 Å². The van der Waals surface area contributed by atoms with Gasteiger partial charge in [-0.15, -0.1) is 0 Å². The van der Waals surface area contributed by atoms with Gasteiger partial charge < -0.3 is 0 Å². The minimum atomic E-state index is -0.110. The largest absolute Gasteiger partial charge is 0.274 e. The first-order valence-corrected chi connectivity index (χ1v) is 5.47. The molecule has 1 heterocycles. The minimum Gasteiger partial charge on any atom is -0.274 e. The molecule has 1 aromatic heterocycles. The summed E-state index contributed by atoms with van der Waals surface area (Å²) < 4.78 is 1.64. The molecule has 0 aliphatic heterocycles. The van der Waals surface area contributed by atoms with Crippen molar-refractivity contribution >= 4 is 5.91 Å². The molecule has 4 heteroatoms. The highest BCUT2D eigenvalue weighted by Gasteiger charge is 2.06. The van der Waals surface area contributed by atoms with Crippen LogP contribution in [0, 0.1) is 13.8 Å². The molecule has 1 aromatic carbocycles.